The molecule has 1 rings (SSSR count). The van der Waals surface area contributed by atoms with Gasteiger partial charge in [-0.15, -0.1) is 0 Å². The standard InChI is InChI=1S/C9H18N2O/c1-7-3-9(4-10)6-11(5-7)8(2)12/h7,9H,3-6,10H2,1-2H3. The summed E-state index contributed by atoms with van der Waals surface area (Å²) in [6.07, 6.45) is 1.17. The first kappa shape index (κ1) is 9.52. The Balaban J connectivity index is 2.51. The molecule has 70 valence electrons. The molecule has 2 unspecified atom stereocenters. The monoisotopic (exact) mass is 170 g/mol. The van der Waals surface area contributed by atoms with E-state index in [1.165, 1.54) is 6.42 Å². The van der Waals surface area contributed by atoms with E-state index < -0.39 is 0 Å². The molecule has 1 heterocycles. The summed E-state index contributed by atoms with van der Waals surface area (Å²) in [6, 6.07) is 0. The van der Waals surface area contributed by atoms with Crippen molar-refractivity contribution in [3.8, 4) is 0 Å². The van der Waals surface area contributed by atoms with Crippen molar-refractivity contribution >= 4 is 5.91 Å². The molecule has 0 aliphatic carbocycles. The Hall–Kier alpha value is -0.570. The van der Waals surface area contributed by atoms with Crippen molar-refractivity contribution in [1.82, 2.24) is 4.90 Å². The molecule has 1 saturated heterocycles. The van der Waals surface area contributed by atoms with Gasteiger partial charge in [-0.2, -0.15) is 0 Å². The van der Waals surface area contributed by atoms with Crippen molar-refractivity contribution in [3.63, 3.8) is 0 Å². The number of amides is 1. The van der Waals surface area contributed by atoms with Gasteiger partial charge in [0.15, 0.2) is 0 Å². The number of carbonyl (C=O) groups is 1. The minimum Gasteiger partial charge on any atom is -0.342 e. The van der Waals surface area contributed by atoms with Crippen LogP contribution in [0.2, 0.25) is 0 Å². The SMILES string of the molecule is CC(=O)N1CC(C)CC(CN)C1. The Bertz CT molecular complexity index is 170. The van der Waals surface area contributed by atoms with Gasteiger partial charge in [0, 0.05) is 20.0 Å². The summed E-state index contributed by atoms with van der Waals surface area (Å²) < 4.78 is 0. The lowest BCUT2D eigenvalue weighted by molar-refractivity contribution is -0.131. The minimum absolute atomic E-state index is 0.181. The van der Waals surface area contributed by atoms with E-state index in [2.05, 4.69) is 6.92 Å². The number of nitrogens with two attached hydrogens (primary N) is 1. The molecule has 1 amide bonds. The van der Waals surface area contributed by atoms with Crippen LogP contribution in [-0.4, -0.2) is 30.4 Å². The minimum atomic E-state index is 0.181. The van der Waals surface area contributed by atoms with Gasteiger partial charge in [-0.1, -0.05) is 6.92 Å². The van der Waals surface area contributed by atoms with Crippen LogP contribution in [0, 0.1) is 11.8 Å². The molecule has 0 radical (unpaired) electrons. The Morgan fingerprint density at radius 3 is 2.75 bits per heavy atom. The highest BCUT2D eigenvalue weighted by atomic mass is 16.2. The van der Waals surface area contributed by atoms with E-state index in [9.17, 15) is 4.79 Å². The lowest BCUT2D eigenvalue weighted by Crippen LogP contribution is -2.44. The van der Waals surface area contributed by atoms with Crippen molar-refractivity contribution in [2.75, 3.05) is 19.6 Å². The molecule has 0 bridgehead atoms. The fraction of sp³-hybridized carbons (Fsp3) is 0.889. The van der Waals surface area contributed by atoms with Gasteiger partial charge in [0.25, 0.3) is 0 Å². The van der Waals surface area contributed by atoms with Gasteiger partial charge in [-0.25, -0.2) is 0 Å². The maximum atomic E-state index is 11.1. The number of piperidine rings is 1. The number of likely N-dealkylation sites (tertiary alicyclic amines) is 1. The predicted molar refractivity (Wildman–Crippen MR) is 48.6 cm³/mol. The van der Waals surface area contributed by atoms with Gasteiger partial charge in [0.05, 0.1) is 0 Å². The van der Waals surface area contributed by atoms with E-state index in [-0.39, 0.29) is 5.91 Å². The molecule has 0 aromatic heterocycles. The third-order valence-electron chi connectivity index (χ3n) is 2.53. The third-order valence-corrected chi connectivity index (χ3v) is 2.53. The van der Waals surface area contributed by atoms with Crippen LogP contribution in [0.1, 0.15) is 20.3 Å². The van der Waals surface area contributed by atoms with Crippen molar-refractivity contribution in [1.29, 1.82) is 0 Å². The molecule has 1 aliphatic rings. The molecule has 3 heteroatoms. The third kappa shape index (κ3) is 2.21. The maximum Gasteiger partial charge on any atom is 0.219 e. The van der Waals surface area contributed by atoms with Crippen LogP contribution < -0.4 is 5.73 Å². The fourth-order valence-electron chi connectivity index (χ4n) is 1.91. The van der Waals surface area contributed by atoms with E-state index in [0.717, 1.165) is 13.1 Å². The van der Waals surface area contributed by atoms with Gasteiger partial charge in [-0.05, 0) is 24.8 Å². The van der Waals surface area contributed by atoms with Crippen LogP contribution in [-0.2, 0) is 4.79 Å². The Kier molecular flexibility index (Phi) is 3.09. The van der Waals surface area contributed by atoms with E-state index in [1.807, 2.05) is 4.90 Å². The highest BCUT2D eigenvalue weighted by Crippen LogP contribution is 2.20. The number of hydrogen-bond acceptors (Lipinski definition) is 2. The zero-order valence-electron chi connectivity index (χ0n) is 7.92. The van der Waals surface area contributed by atoms with Crippen LogP contribution in [0.15, 0.2) is 0 Å². The normalized spacial score (nSPS) is 30.4. The highest BCUT2D eigenvalue weighted by Gasteiger charge is 2.24. The van der Waals surface area contributed by atoms with Gasteiger partial charge in [0.1, 0.15) is 0 Å². The Morgan fingerprint density at radius 2 is 2.25 bits per heavy atom. The first-order valence-corrected chi connectivity index (χ1v) is 4.59. The van der Waals surface area contributed by atoms with E-state index in [4.69, 9.17) is 5.73 Å². The second kappa shape index (κ2) is 3.90. The summed E-state index contributed by atoms with van der Waals surface area (Å²) >= 11 is 0. The van der Waals surface area contributed by atoms with Gasteiger partial charge >= 0.3 is 0 Å². The summed E-state index contributed by atoms with van der Waals surface area (Å²) in [6.45, 7) is 6.28. The molecule has 1 aliphatic heterocycles. The highest BCUT2D eigenvalue weighted by molar-refractivity contribution is 5.73. The Labute approximate surface area is 73.9 Å². The Morgan fingerprint density at radius 1 is 1.58 bits per heavy atom. The summed E-state index contributed by atoms with van der Waals surface area (Å²) in [5.41, 5.74) is 5.59. The summed E-state index contributed by atoms with van der Waals surface area (Å²) in [5.74, 6) is 1.30. The summed E-state index contributed by atoms with van der Waals surface area (Å²) in [7, 11) is 0. The molecular formula is C9H18N2O. The van der Waals surface area contributed by atoms with Gasteiger partial charge in [-0.3, -0.25) is 4.79 Å². The van der Waals surface area contributed by atoms with Crippen LogP contribution in [0.4, 0.5) is 0 Å². The lowest BCUT2D eigenvalue weighted by atomic mass is 9.90. The number of hydrogen-bond donors (Lipinski definition) is 1. The largest absolute Gasteiger partial charge is 0.342 e. The van der Waals surface area contributed by atoms with Crippen molar-refractivity contribution in [2.45, 2.75) is 20.3 Å². The topological polar surface area (TPSA) is 46.3 Å². The van der Waals surface area contributed by atoms with Crippen LogP contribution >= 0.6 is 0 Å². The van der Waals surface area contributed by atoms with Crippen molar-refractivity contribution in [3.05, 3.63) is 0 Å². The molecule has 0 saturated carbocycles. The first-order valence-electron chi connectivity index (χ1n) is 4.59. The van der Waals surface area contributed by atoms with E-state index >= 15 is 0 Å². The second-order valence-corrected chi connectivity index (χ2v) is 3.87. The zero-order valence-corrected chi connectivity index (χ0v) is 7.92. The average Bonchev–Trinajstić information content (AvgIpc) is 2.03. The molecule has 0 aromatic rings. The van der Waals surface area contributed by atoms with Crippen molar-refractivity contribution in [2.24, 2.45) is 17.6 Å². The van der Waals surface area contributed by atoms with Gasteiger partial charge < -0.3 is 10.6 Å². The van der Waals surface area contributed by atoms with Crippen LogP contribution in [0.25, 0.3) is 0 Å². The molecule has 0 spiro atoms. The predicted octanol–water partition coefficient (Wildman–Crippen LogP) is 0.450. The number of carbonyl (C=O) groups excluding carboxylic acids is 1. The molecule has 2 N–H and O–H groups in total. The van der Waals surface area contributed by atoms with Crippen LogP contribution in [0.3, 0.4) is 0 Å². The molecule has 2 atom stereocenters. The second-order valence-electron chi connectivity index (χ2n) is 3.87. The van der Waals surface area contributed by atoms with Crippen molar-refractivity contribution < 1.29 is 4.79 Å². The fourth-order valence-corrected chi connectivity index (χ4v) is 1.91. The number of rotatable bonds is 1. The summed E-state index contributed by atoms with van der Waals surface area (Å²) in [4.78, 5) is 13.0. The lowest BCUT2D eigenvalue weighted by Gasteiger charge is -2.35. The zero-order chi connectivity index (χ0) is 9.14. The molecule has 1 fully saturated rings. The molecule has 3 nitrogen and oxygen atoms in total. The molecular weight excluding hydrogens is 152 g/mol. The molecule has 12 heavy (non-hydrogen) atoms. The quantitative estimate of drug-likeness (QED) is 0.621. The average molecular weight is 170 g/mol. The molecule has 0 aromatic carbocycles. The van der Waals surface area contributed by atoms with Gasteiger partial charge in [0.2, 0.25) is 5.91 Å². The van der Waals surface area contributed by atoms with Crippen LogP contribution in [0.5, 0.6) is 0 Å². The number of nitrogens with zero attached hydrogens (tertiary/aromatic N) is 1. The first-order chi connectivity index (χ1) is 5.63. The summed E-state index contributed by atoms with van der Waals surface area (Å²) in [5, 5.41) is 0. The maximum absolute atomic E-state index is 11.1. The van der Waals surface area contributed by atoms with E-state index in [0.29, 0.717) is 18.4 Å². The smallest absolute Gasteiger partial charge is 0.219 e. The van der Waals surface area contributed by atoms with E-state index in [1.54, 1.807) is 6.92 Å².